The third kappa shape index (κ3) is 4.31. The standard InChI is InChI=1S/C24H38O4/c1-8-10-11-12-16-13-18-20(21(25)19(16)22(26)27)17(14-23(4,5)28-18)24(6,7)15(3)9-2/h13,15,17,25H,8-12,14H2,1-7H3,(H,26,27)/t15-,17-/m0/s1. The number of aromatic carboxylic acids is 1. The van der Waals surface area contributed by atoms with Crippen molar-refractivity contribution < 1.29 is 19.7 Å². The van der Waals surface area contributed by atoms with Crippen molar-refractivity contribution in [2.75, 3.05) is 0 Å². The number of carboxylic acids is 1. The molecule has 0 aliphatic carbocycles. The highest BCUT2D eigenvalue weighted by Crippen LogP contribution is 2.56. The molecule has 1 aromatic rings. The quantitative estimate of drug-likeness (QED) is 0.495. The number of aryl methyl sites for hydroxylation is 1. The van der Waals surface area contributed by atoms with E-state index in [2.05, 4.69) is 48.5 Å². The average molecular weight is 391 g/mol. The molecule has 4 heteroatoms. The molecule has 0 radical (unpaired) electrons. The molecule has 2 N–H and O–H groups in total. The van der Waals surface area contributed by atoms with Crippen LogP contribution in [0.5, 0.6) is 11.5 Å². The molecule has 0 amide bonds. The largest absolute Gasteiger partial charge is 0.507 e. The first-order valence-electron chi connectivity index (χ1n) is 10.8. The fourth-order valence-electron chi connectivity index (χ4n) is 4.57. The van der Waals surface area contributed by atoms with E-state index in [0.29, 0.717) is 29.2 Å². The van der Waals surface area contributed by atoms with Crippen LogP contribution in [-0.2, 0) is 6.42 Å². The molecule has 2 rings (SSSR count). The number of rotatable bonds is 8. The number of phenols is 1. The molecule has 1 aromatic carbocycles. The lowest BCUT2D eigenvalue weighted by atomic mass is 9.62. The zero-order valence-electron chi connectivity index (χ0n) is 18.7. The number of fused-ring (bicyclic) bond motifs is 1. The molecular weight excluding hydrogens is 352 g/mol. The van der Waals surface area contributed by atoms with E-state index in [1.807, 2.05) is 6.07 Å². The van der Waals surface area contributed by atoms with Crippen molar-refractivity contribution in [1.29, 1.82) is 0 Å². The van der Waals surface area contributed by atoms with E-state index in [1.54, 1.807) is 0 Å². The van der Waals surface area contributed by atoms with Gasteiger partial charge in [-0.05, 0) is 56.1 Å². The predicted molar refractivity (Wildman–Crippen MR) is 114 cm³/mol. The molecule has 0 aromatic heterocycles. The average Bonchev–Trinajstić information content (AvgIpc) is 2.59. The van der Waals surface area contributed by atoms with Crippen LogP contribution in [0.3, 0.4) is 0 Å². The second-order valence-corrected chi connectivity index (χ2v) is 9.68. The summed E-state index contributed by atoms with van der Waals surface area (Å²) in [6.45, 7) is 15.1. The Labute approximate surface area is 170 Å². The van der Waals surface area contributed by atoms with Gasteiger partial charge in [-0.3, -0.25) is 0 Å². The summed E-state index contributed by atoms with van der Waals surface area (Å²) in [6, 6.07) is 1.88. The van der Waals surface area contributed by atoms with Gasteiger partial charge < -0.3 is 14.9 Å². The summed E-state index contributed by atoms with van der Waals surface area (Å²) in [5.41, 5.74) is 0.960. The Kier molecular flexibility index (Phi) is 6.73. The van der Waals surface area contributed by atoms with Crippen LogP contribution in [0.2, 0.25) is 0 Å². The summed E-state index contributed by atoms with van der Waals surface area (Å²) < 4.78 is 6.27. The topological polar surface area (TPSA) is 66.8 Å². The van der Waals surface area contributed by atoms with Crippen molar-refractivity contribution >= 4 is 5.97 Å². The Morgan fingerprint density at radius 1 is 1.32 bits per heavy atom. The maximum atomic E-state index is 12.0. The van der Waals surface area contributed by atoms with Crippen molar-refractivity contribution in [3.63, 3.8) is 0 Å². The molecule has 2 atom stereocenters. The molecule has 1 aliphatic heterocycles. The third-order valence-electron chi connectivity index (χ3n) is 6.86. The highest BCUT2D eigenvalue weighted by molar-refractivity contribution is 5.94. The SMILES string of the molecule is CCCCCc1cc2c(c(O)c1C(=O)O)[C@@H](C(C)(C)[C@@H](C)CC)CC(C)(C)O2. The van der Waals surface area contributed by atoms with Gasteiger partial charge in [-0.1, -0.05) is 53.9 Å². The number of aromatic hydroxyl groups is 1. The number of carboxylic acid groups (broad SMARTS) is 1. The molecule has 0 bridgehead atoms. The van der Waals surface area contributed by atoms with Crippen molar-refractivity contribution in [2.24, 2.45) is 11.3 Å². The number of hydrogen-bond donors (Lipinski definition) is 2. The molecule has 0 unspecified atom stereocenters. The number of unbranched alkanes of at least 4 members (excludes halogenated alkanes) is 2. The van der Waals surface area contributed by atoms with E-state index in [-0.39, 0.29) is 28.2 Å². The molecule has 0 fully saturated rings. The first-order chi connectivity index (χ1) is 13.0. The molecule has 0 spiro atoms. The van der Waals surface area contributed by atoms with E-state index >= 15 is 0 Å². The van der Waals surface area contributed by atoms with Gasteiger partial charge in [0.05, 0.1) is 0 Å². The Hall–Kier alpha value is -1.71. The number of hydrogen-bond acceptors (Lipinski definition) is 3. The van der Waals surface area contributed by atoms with Crippen LogP contribution in [0.15, 0.2) is 6.07 Å². The van der Waals surface area contributed by atoms with Crippen LogP contribution >= 0.6 is 0 Å². The van der Waals surface area contributed by atoms with E-state index in [0.717, 1.165) is 32.1 Å². The molecular formula is C24H38O4. The Morgan fingerprint density at radius 2 is 1.96 bits per heavy atom. The number of ether oxygens (including phenoxy) is 1. The van der Waals surface area contributed by atoms with Crippen molar-refractivity contribution in [1.82, 2.24) is 0 Å². The summed E-state index contributed by atoms with van der Waals surface area (Å²) in [7, 11) is 0. The van der Waals surface area contributed by atoms with Crippen molar-refractivity contribution in [2.45, 2.75) is 98.5 Å². The molecule has 4 nitrogen and oxygen atoms in total. The lowest BCUT2D eigenvalue weighted by molar-refractivity contribution is 0.0298. The van der Waals surface area contributed by atoms with Gasteiger partial charge in [-0.15, -0.1) is 0 Å². The molecule has 28 heavy (non-hydrogen) atoms. The maximum absolute atomic E-state index is 12.0. The van der Waals surface area contributed by atoms with Crippen LogP contribution in [0, 0.1) is 11.3 Å². The second-order valence-electron chi connectivity index (χ2n) is 9.68. The molecule has 0 saturated heterocycles. The smallest absolute Gasteiger partial charge is 0.339 e. The van der Waals surface area contributed by atoms with Gasteiger partial charge >= 0.3 is 5.97 Å². The highest BCUT2D eigenvalue weighted by Gasteiger charge is 2.46. The van der Waals surface area contributed by atoms with Gasteiger partial charge in [0.15, 0.2) is 0 Å². The molecule has 1 heterocycles. The van der Waals surface area contributed by atoms with Gasteiger partial charge in [-0.2, -0.15) is 0 Å². The molecule has 0 saturated carbocycles. The van der Waals surface area contributed by atoms with E-state index in [1.165, 1.54) is 0 Å². The molecule has 1 aliphatic rings. The predicted octanol–water partition coefficient (Wildman–Crippen LogP) is 6.54. The van der Waals surface area contributed by atoms with Gasteiger partial charge in [-0.25, -0.2) is 4.79 Å². The Bertz CT molecular complexity index is 718. The minimum absolute atomic E-state index is 0.0315. The minimum atomic E-state index is -1.06. The summed E-state index contributed by atoms with van der Waals surface area (Å²) in [6.07, 6.45) is 5.42. The second kappa shape index (κ2) is 8.34. The Balaban J connectivity index is 2.67. The number of carbonyl (C=O) groups is 1. The number of benzene rings is 1. The van der Waals surface area contributed by atoms with Crippen molar-refractivity contribution in [3.05, 3.63) is 22.8 Å². The zero-order valence-corrected chi connectivity index (χ0v) is 18.7. The lowest BCUT2D eigenvalue weighted by Gasteiger charge is -2.47. The summed E-state index contributed by atoms with van der Waals surface area (Å²) in [5, 5.41) is 21.0. The normalized spacial score (nSPS) is 19.6. The van der Waals surface area contributed by atoms with Gasteiger partial charge in [0.1, 0.15) is 22.7 Å². The molecule has 158 valence electrons. The van der Waals surface area contributed by atoms with Crippen LogP contribution in [0.25, 0.3) is 0 Å². The minimum Gasteiger partial charge on any atom is -0.507 e. The first kappa shape index (κ1) is 22.6. The van der Waals surface area contributed by atoms with Crippen molar-refractivity contribution in [3.8, 4) is 11.5 Å². The maximum Gasteiger partial charge on any atom is 0.339 e. The van der Waals surface area contributed by atoms with E-state index < -0.39 is 5.97 Å². The zero-order chi connectivity index (χ0) is 21.3. The lowest BCUT2D eigenvalue weighted by Crippen LogP contribution is -2.41. The summed E-state index contributed by atoms with van der Waals surface area (Å²) >= 11 is 0. The fourth-order valence-corrected chi connectivity index (χ4v) is 4.57. The first-order valence-corrected chi connectivity index (χ1v) is 10.8. The van der Waals surface area contributed by atoms with Gasteiger partial charge in [0.25, 0.3) is 0 Å². The monoisotopic (exact) mass is 390 g/mol. The van der Waals surface area contributed by atoms with Crippen LogP contribution in [0.1, 0.15) is 108 Å². The Morgan fingerprint density at radius 3 is 2.50 bits per heavy atom. The van der Waals surface area contributed by atoms with E-state index in [9.17, 15) is 15.0 Å². The van der Waals surface area contributed by atoms with E-state index in [4.69, 9.17) is 4.74 Å². The third-order valence-corrected chi connectivity index (χ3v) is 6.86. The summed E-state index contributed by atoms with van der Waals surface area (Å²) in [4.78, 5) is 12.0. The van der Waals surface area contributed by atoms with Gasteiger partial charge in [0.2, 0.25) is 0 Å². The fraction of sp³-hybridized carbons (Fsp3) is 0.708. The van der Waals surface area contributed by atoms with Crippen LogP contribution in [0.4, 0.5) is 0 Å². The van der Waals surface area contributed by atoms with Crippen LogP contribution < -0.4 is 4.74 Å². The van der Waals surface area contributed by atoms with Gasteiger partial charge in [0, 0.05) is 11.5 Å². The highest BCUT2D eigenvalue weighted by atomic mass is 16.5. The van der Waals surface area contributed by atoms with Crippen LogP contribution in [-0.4, -0.2) is 21.8 Å². The summed E-state index contributed by atoms with van der Waals surface area (Å²) in [5.74, 6) is -0.0307.